The standard InChI is InChI=1S/C14H17BrN2O/c1-10-8-11(5-7-13(10)18-3)4-6-12-14(15)17(2)9-16-12/h5,7-9H,4,6H2,1-3H3. The zero-order valence-corrected chi connectivity index (χ0v) is 12.5. The molecule has 0 atom stereocenters. The summed E-state index contributed by atoms with van der Waals surface area (Å²) in [5.74, 6) is 0.942. The molecule has 2 rings (SSSR count). The van der Waals surface area contributed by atoms with Crippen molar-refractivity contribution < 1.29 is 4.74 Å². The van der Waals surface area contributed by atoms with Crippen molar-refractivity contribution in [2.45, 2.75) is 19.8 Å². The first-order valence-corrected chi connectivity index (χ1v) is 6.70. The molecule has 1 aromatic carbocycles. The molecule has 1 heterocycles. The third-order valence-electron chi connectivity index (χ3n) is 3.04. The van der Waals surface area contributed by atoms with E-state index in [0.717, 1.165) is 28.9 Å². The SMILES string of the molecule is COc1ccc(CCc2ncn(C)c2Br)cc1C. The highest BCUT2D eigenvalue weighted by atomic mass is 79.9. The van der Waals surface area contributed by atoms with Crippen LogP contribution in [-0.4, -0.2) is 16.7 Å². The lowest BCUT2D eigenvalue weighted by atomic mass is 10.1. The molecule has 0 aliphatic heterocycles. The number of rotatable bonds is 4. The Labute approximate surface area is 116 Å². The van der Waals surface area contributed by atoms with E-state index in [1.165, 1.54) is 11.1 Å². The molecule has 0 amide bonds. The molecule has 0 aliphatic carbocycles. The van der Waals surface area contributed by atoms with Gasteiger partial charge >= 0.3 is 0 Å². The Morgan fingerprint density at radius 1 is 1.33 bits per heavy atom. The molecular formula is C14H17BrN2O. The van der Waals surface area contributed by atoms with Gasteiger partial charge in [0.1, 0.15) is 10.4 Å². The molecule has 0 N–H and O–H groups in total. The van der Waals surface area contributed by atoms with Crippen molar-refractivity contribution in [1.82, 2.24) is 9.55 Å². The van der Waals surface area contributed by atoms with Gasteiger partial charge in [0.05, 0.1) is 19.1 Å². The van der Waals surface area contributed by atoms with Gasteiger partial charge < -0.3 is 9.30 Å². The minimum atomic E-state index is 0.938. The van der Waals surface area contributed by atoms with Crippen molar-refractivity contribution >= 4 is 15.9 Å². The highest BCUT2D eigenvalue weighted by molar-refractivity contribution is 9.10. The van der Waals surface area contributed by atoms with E-state index in [1.807, 2.05) is 24.0 Å². The maximum atomic E-state index is 5.26. The predicted molar refractivity (Wildman–Crippen MR) is 76.0 cm³/mol. The number of halogens is 1. The van der Waals surface area contributed by atoms with E-state index in [2.05, 4.69) is 40.0 Å². The van der Waals surface area contributed by atoms with Gasteiger partial charge in [0, 0.05) is 7.05 Å². The number of aromatic nitrogens is 2. The number of imidazole rings is 1. The van der Waals surface area contributed by atoms with Gasteiger partial charge in [-0.2, -0.15) is 0 Å². The van der Waals surface area contributed by atoms with E-state index in [0.29, 0.717) is 0 Å². The summed E-state index contributed by atoms with van der Waals surface area (Å²) in [6.45, 7) is 2.07. The summed E-state index contributed by atoms with van der Waals surface area (Å²) in [4.78, 5) is 4.38. The Morgan fingerprint density at radius 3 is 2.67 bits per heavy atom. The molecule has 0 aliphatic rings. The third kappa shape index (κ3) is 2.75. The van der Waals surface area contributed by atoms with Crippen LogP contribution in [0.15, 0.2) is 29.1 Å². The van der Waals surface area contributed by atoms with Crippen molar-refractivity contribution in [3.8, 4) is 5.75 Å². The van der Waals surface area contributed by atoms with Gasteiger partial charge in [0.25, 0.3) is 0 Å². The van der Waals surface area contributed by atoms with Gasteiger partial charge in [-0.25, -0.2) is 4.98 Å². The summed E-state index contributed by atoms with van der Waals surface area (Å²) in [7, 11) is 3.69. The summed E-state index contributed by atoms with van der Waals surface area (Å²) in [5, 5.41) is 0. The summed E-state index contributed by atoms with van der Waals surface area (Å²) in [6, 6.07) is 6.32. The van der Waals surface area contributed by atoms with Crippen molar-refractivity contribution in [3.63, 3.8) is 0 Å². The summed E-state index contributed by atoms with van der Waals surface area (Å²) in [6.07, 6.45) is 3.76. The molecule has 0 bridgehead atoms. The molecule has 0 radical (unpaired) electrons. The maximum Gasteiger partial charge on any atom is 0.121 e. The Bertz CT molecular complexity index is 549. The Hall–Kier alpha value is -1.29. The molecule has 0 saturated carbocycles. The first kappa shape index (κ1) is 13.1. The average molecular weight is 309 g/mol. The smallest absolute Gasteiger partial charge is 0.121 e. The van der Waals surface area contributed by atoms with Crippen LogP contribution in [0.3, 0.4) is 0 Å². The fraction of sp³-hybridized carbons (Fsp3) is 0.357. The summed E-state index contributed by atoms with van der Waals surface area (Å²) in [5.41, 5.74) is 3.59. The van der Waals surface area contributed by atoms with Gasteiger partial charge in [-0.15, -0.1) is 0 Å². The van der Waals surface area contributed by atoms with Gasteiger partial charge in [-0.05, 0) is 52.9 Å². The fourth-order valence-electron chi connectivity index (χ4n) is 1.99. The van der Waals surface area contributed by atoms with Crippen LogP contribution in [0.4, 0.5) is 0 Å². The van der Waals surface area contributed by atoms with Crippen molar-refractivity contribution in [3.05, 3.63) is 46.0 Å². The Morgan fingerprint density at radius 2 is 2.11 bits per heavy atom. The number of hydrogen-bond acceptors (Lipinski definition) is 2. The summed E-state index contributed by atoms with van der Waals surface area (Å²) < 4.78 is 8.31. The quantitative estimate of drug-likeness (QED) is 0.866. The fourth-order valence-corrected chi connectivity index (χ4v) is 2.38. The molecular weight excluding hydrogens is 292 g/mol. The van der Waals surface area contributed by atoms with Crippen LogP contribution >= 0.6 is 15.9 Å². The van der Waals surface area contributed by atoms with Crippen LogP contribution < -0.4 is 4.74 Å². The lowest BCUT2D eigenvalue weighted by Crippen LogP contribution is -1.95. The van der Waals surface area contributed by atoms with Crippen LogP contribution in [0.1, 0.15) is 16.8 Å². The second-order valence-corrected chi connectivity index (χ2v) is 5.15. The van der Waals surface area contributed by atoms with Crippen molar-refractivity contribution in [2.24, 2.45) is 7.05 Å². The normalized spacial score (nSPS) is 10.7. The molecule has 3 nitrogen and oxygen atoms in total. The van der Waals surface area contributed by atoms with Crippen LogP contribution in [0, 0.1) is 6.92 Å². The molecule has 1 aromatic heterocycles. The average Bonchev–Trinajstić information content (AvgIpc) is 2.68. The minimum Gasteiger partial charge on any atom is -0.496 e. The lowest BCUT2D eigenvalue weighted by molar-refractivity contribution is 0.411. The molecule has 18 heavy (non-hydrogen) atoms. The highest BCUT2D eigenvalue weighted by Crippen LogP contribution is 2.21. The summed E-state index contributed by atoms with van der Waals surface area (Å²) >= 11 is 3.54. The Kier molecular flexibility index (Phi) is 4.07. The van der Waals surface area contributed by atoms with Crippen LogP contribution in [0.2, 0.25) is 0 Å². The second kappa shape index (κ2) is 5.57. The van der Waals surface area contributed by atoms with Crippen LogP contribution in [0.5, 0.6) is 5.75 Å². The van der Waals surface area contributed by atoms with Crippen molar-refractivity contribution in [2.75, 3.05) is 7.11 Å². The minimum absolute atomic E-state index is 0.938. The van der Waals surface area contributed by atoms with Gasteiger partial charge in [0.2, 0.25) is 0 Å². The van der Waals surface area contributed by atoms with Gasteiger partial charge in [-0.1, -0.05) is 12.1 Å². The monoisotopic (exact) mass is 308 g/mol. The lowest BCUT2D eigenvalue weighted by Gasteiger charge is -2.07. The number of aryl methyl sites for hydroxylation is 4. The Balaban J connectivity index is 2.06. The number of ether oxygens (including phenoxy) is 1. The third-order valence-corrected chi connectivity index (χ3v) is 4.06. The van der Waals surface area contributed by atoms with Gasteiger partial charge in [0.15, 0.2) is 0 Å². The molecule has 96 valence electrons. The maximum absolute atomic E-state index is 5.26. The number of benzene rings is 1. The van der Waals surface area contributed by atoms with Crippen LogP contribution in [0.25, 0.3) is 0 Å². The van der Waals surface area contributed by atoms with Gasteiger partial charge in [-0.3, -0.25) is 0 Å². The van der Waals surface area contributed by atoms with E-state index in [-0.39, 0.29) is 0 Å². The number of nitrogens with zero attached hydrogens (tertiary/aromatic N) is 2. The molecule has 2 aromatic rings. The first-order chi connectivity index (χ1) is 8.61. The van der Waals surface area contributed by atoms with E-state index in [4.69, 9.17) is 4.74 Å². The van der Waals surface area contributed by atoms with E-state index >= 15 is 0 Å². The first-order valence-electron chi connectivity index (χ1n) is 5.91. The number of hydrogen-bond donors (Lipinski definition) is 0. The topological polar surface area (TPSA) is 27.1 Å². The van der Waals surface area contributed by atoms with Crippen molar-refractivity contribution in [1.29, 1.82) is 0 Å². The molecule has 0 unspecified atom stereocenters. The predicted octanol–water partition coefficient (Wildman–Crippen LogP) is 3.28. The molecule has 4 heteroatoms. The van der Waals surface area contributed by atoms with E-state index < -0.39 is 0 Å². The van der Waals surface area contributed by atoms with E-state index in [1.54, 1.807) is 7.11 Å². The largest absolute Gasteiger partial charge is 0.496 e. The molecule has 0 fully saturated rings. The molecule has 0 saturated heterocycles. The number of methoxy groups -OCH3 is 1. The zero-order valence-electron chi connectivity index (χ0n) is 10.9. The highest BCUT2D eigenvalue weighted by Gasteiger charge is 2.06. The molecule has 0 spiro atoms. The van der Waals surface area contributed by atoms with E-state index in [9.17, 15) is 0 Å². The second-order valence-electron chi connectivity index (χ2n) is 4.40. The van der Waals surface area contributed by atoms with Crippen LogP contribution in [-0.2, 0) is 19.9 Å². The zero-order chi connectivity index (χ0) is 13.1.